The Balaban J connectivity index is 1.85. The molecule has 1 aromatic carbocycles. The van der Waals surface area contributed by atoms with Crippen LogP contribution in [0.5, 0.6) is 0 Å². The highest BCUT2D eigenvalue weighted by atomic mass is 16.5. The number of oxazole rings is 1. The number of nitrogen functional groups attached to an aromatic ring is 1. The van der Waals surface area contributed by atoms with Gasteiger partial charge in [-0.3, -0.25) is 5.21 Å². The zero-order valence-corrected chi connectivity index (χ0v) is 18.4. The van der Waals surface area contributed by atoms with Crippen molar-refractivity contribution in [2.45, 2.75) is 27.3 Å². The first kappa shape index (κ1) is 20.4. The second-order valence-corrected chi connectivity index (χ2v) is 7.85. The van der Waals surface area contributed by atoms with Crippen LogP contribution >= 0.6 is 0 Å². The lowest BCUT2D eigenvalue weighted by Gasteiger charge is -2.12. The lowest BCUT2D eigenvalue weighted by atomic mass is 9.99. The average molecular weight is 444 g/mol. The van der Waals surface area contributed by atoms with Crippen LogP contribution in [0, 0.1) is 20.8 Å². The Hall–Kier alpha value is -4.47. The topological polar surface area (TPSA) is 128 Å². The van der Waals surface area contributed by atoms with E-state index in [0.717, 1.165) is 15.9 Å². The second kappa shape index (κ2) is 7.59. The number of rotatable bonds is 4. The summed E-state index contributed by atoms with van der Waals surface area (Å²) < 4.78 is 8.95. The summed E-state index contributed by atoms with van der Waals surface area (Å²) in [6.07, 6.45) is 1.33. The number of aromatic nitrogens is 6. The number of nitrogens with two attached hydrogens (primary N) is 1. The zero-order valence-electron chi connectivity index (χ0n) is 18.4. The van der Waals surface area contributed by atoms with Gasteiger partial charge >= 0.3 is 5.69 Å². The van der Waals surface area contributed by atoms with Gasteiger partial charge in [0.2, 0.25) is 17.3 Å². The van der Waals surface area contributed by atoms with Gasteiger partial charge in [0.25, 0.3) is 0 Å². The molecule has 166 valence electrons. The highest BCUT2D eigenvalue weighted by molar-refractivity contribution is 5.90. The Kier molecular flexibility index (Phi) is 4.70. The van der Waals surface area contributed by atoms with E-state index in [4.69, 9.17) is 10.2 Å². The first-order valence-corrected chi connectivity index (χ1v) is 10.3. The number of benzene rings is 1. The van der Waals surface area contributed by atoms with E-state index in [0.29, 0.717) is 39.7 Å². The molecule has 0 unspecified atom stereocenters. The molecule has 5 aromatic rings. The summed E-state index contributed by atoms with van der Waals surface area (Å²) >= 11 is 0. The first-order chi connectivity index (χ1) is 15.8. The first-order valence-electron chi connectivity index (χ1n) is 10.3. The van der Waals surface area contributed by atoms with E-state index in [-0.39, 0.29) is 12.5 Å². The molecule has 5 rings (SSSR count). The van der Waals surface area contributed by atoms with Crippen molar-refractivity contribution in [2.75, 3.05) is 5.73 Å². The maximum absolute atomic E-state index is 13.2. The van der Waals surface area contributed by atoms with Crippen LogP contribution in [0.15, 0.2) is 58.1 Å². The molecule has 33 heavy (non-hydrogen) atoms. The van der Waals surface area contributed by atoms with Gasteiger partial charge in [-0.1, -0.05) is 30.3 Å². The lowest BCUT2D eigenvalue weighted by Crippen LogP contribution is -2.37. The number of hydrogen-bond acceptors (Lipinski definition) is 7. The van der Waals surface area contributed by atoms with E-state index >= 15 is 0 Å². The Labute approximate surface area is 188 Å². The van der Waals surface area contributed by atoms with E-state index in [1.807, 2.05) is 42.5 Å². The Morgan fingerprint density at radius 2 is 1.79 bits per heavy atom. The van der Waals surface area contributed by atoms with Gasteiger partial charge < -0.3 is 10.2 Å². The van der Waals surface area contributed by atoms with Crippen LogP contribution in [0.2, 0.25) is 0 Å². The highest BCUT2D eigenvalue weighted by Gasteiger charge is 2.24. The molecular weight excluding hydrogens is 422 g/mol. The predicted molar refractivity (Wildman–Crippen MR) is 120 cm³/mol. The smallest absolute Gasteiger partial charge is 0.353 e. The number of fused-ring (bicyclic) bond motifs is 1. The van der Waals surface area contributed by atoms with Crippen molar-refractivity contribution in [1.29, 1.82) is 0 Å². The van der Waals surface area contributed by atoms with Crippen molar-refractivity contribution in [3.05, 3.63) is 82.2 Å². The molecule has 0 aliphatic carbocycles. The summed E-state index contributed by atoms with van der Waals surface area (Å²) in [6, 6.07) is 13.2. The molecule has 4 aromatic heterocycles. The molecule has 10 heteroatoms. The van der Waals surface area contributed by atoms with E-state index in [1.54, 1.807) is 20.8 Å². The summed E-state index contributed by atoms with van der Waals surface area (Å²) in [5.74, 6) is 0.638. The third kappa shape index (κ3) is 3.32. The van der Waals surface area contributed by atoms with Crippen molar-refractivity contribution in [3.8, 4) is 22.4 Å². The van der Waals surface area contributed by atoms with Crippen molar-refractivity contribution < 1.29 is 14.4 Å². The third-order valence-electron chi connectivity index (χ3n) is 5.63. The lowest BCUT2D eigenvalue weighted by molar-refractivity contribution is -0.912. The van der Waals surface area contributed by atoms with E-state index in [2.05, 4.69) is 15.1 Å². The highest BCUT2D eigenvalue weighted by Crippen LogP contribution is 2.34. The maximum atomic E-state index is 13.2. The Bertz CT molecular complexity index is 1540. The number of aryl methyl sites for hydroxylation is 3. The molecule has 0 aliphatic rings. The maximum Gasteiger partial charge on any atom is 0.353 e. The van der Waals surface area contributed by atoms with Gasteiger partial charge in [-0.2, -0.15) is 0 Å². The number of nitrogens with zero attached hydrogens (tertiary/aromatic N) is 6. The molecule has 0 aliphatic heterocycles. The van der Waals surface area contributed by atoms with Gasteiger partial charge in [0.15, 0.2) is 12.0 Å². The molecule has 3 N–H and O–H groups in total. The average Bonchev–Trinajstić information content (AvgIpc) is 3.35. The molecule has 4 heterocycles. The van der Waals surface area contributed by atoms with Crippen LogP contribution in [0.4, 0.5) is 5.95 Å². The van der Waals surface area contributed by atoms with Gasteiger partial charge in [0.1, 0.15) is 11.5 Å². The van der Waals surface area contributed by atoms with E-state index in [1.165, 1.54) is 15.5 Å². The van der Waals surface area contributed by atoms with Gasteiger partial charge in [-0.05, 0) is 6.92 Å². The van der Waals surface area contributed by atoms with Crippen LogP contribution in [0.1, 0.15) is 22.8 Å². The zero-order chi connectivity index (χ0) is 23.3. The number of pyridine rings is 1. The van der Waals surface area contributed by atoms with Gasteiger partial charge in [0.05, 0.1) is 17.8 Å². The minimum absolute atomic E-state index is 0.0299. The normalized spacial score (nSPS) is 11.4. The minimum atomic E-state index is -0.431. The Morgan fingerprint density at radius 1 is 1.09 bits per heavy atom. The van der Waals surface area contributed by atoms with Gasteiger partial charge in [0, 0.05) is 41.8 Å². The molecule has 0 amide bonds. The monoisotopic (exact) mass is 444 g/mol. The summed E-state index contributed by atoms with van der Waals surface area (Å²) in [6.45, 7) is 5.49. The fourth-order valence-corrected chi connectivity index (χ4v) is 3.93. The van der Waals surface area contributed by atoms with Crippen LogP contribution in [-0.2, 0) is 6.54 Å². The second-order valence-electron chi connectivity index (χ2n) is 7.85. The van der Waals surface area contributed by atoms with E-state index < -0.39 is 5.69 Å². The molecule has 0 atom stereocenters. The minimum Gasteiger partial charge on any atom is -0.448 e. The van der Waals surface area contributed by atoms with Crippen LogP contribution < -0.4 is 16.2 Å². The molecule has 0 saturated carbocycles. The van der Waals surface area contributed by atoms with Crippen LogP contribution in [-0.4, -0.2) is 29.4 Å². The van der Waals surface area contributed by atoms with Gasteiger partial charge in [-0.15, -0.1) is 5.10 Å². The quantitative estimate of drug-likeness (QED) is 0.321. The number of anilines is 1. The largest absolute Gasteiger partial charge is 0.448 e. The van der Waals surface area contributed by atoms with Gasteiger partial charge in [-0.25, -0.2) is 23.8 Å². The summed E-state index contributed by atoms with van der Waals surface area (Å²) in [4.78, 5) is 22.0. The molecule has 0 fully saturated rings. The SMILES string of the molecule is Cc1ocnc1Cn1nc2c(-c3cc(C)[n+](O)c(C)c3)c(-c3ccccc3)nc(N)n2c1=O. The summed E-state index contributed by atoms with van der Waals surface area (Å²) in [5, 5.41) is 14.9. The number of hydrogen-bond donors (Lipinski definition) is 2. The predicted octanol–water partition coefficient (Wildman–Crippen LogP) is 2.29. The molecule has 0 bridgehead atoms. The molecule has 0 spiro atoms. The fourth-order valence-electron chi connectivity index (χ4n) is 3.93. The van der Waals surface area contributed by atoms with E-state index in [9.17, 15) is 10.0 Å². The molecular formula is C23H22N7O3+. The molecule has 0 radical (unpaired) electrons. The third-order valence-corrected chi connectivity index (χ3v) is 5.63. The summed E-state index contributed by atoms with van der Waals surface area (Å²) in [5.41, 5.74) is 10.8. The molecule has 0 saturated heterocycles. The van der Waals surface area contributed by atoms with Crippen molar-refractivity contribution >= 4 is 11.6 Å². The van der Waals surface area contributed by atoms with Crippen LogP contribution in [0.25, 0.3) is 28.0 Å². The Morgan fingerprint density at radius 3 is 2.42 bits per heavy atom. The molecule has 10 nitrogen and oxygen atoms in total. The van der Waals surface area contributed by atoms with Crippen molar-refractivity contribution in [1.82, 2.24) is 24.1 Å². The standard InChI is InChI=1S/C23H21N7O3/c1-13-9-17(10-14(2)30(13)32)19-20(16-7-5-4-6-8-16)26-22(24)29-21(19)27-28(23(29)31)11-18-15(3)33-12-25-18/h4-10,12,24,32H,11H2,1-3H3/p+1. The van der Waals surface area contributed by atoms with Crippen LogP contribution in [0.3, 0.4) is 0 Å². The fraction of sp³-hybridized carbons (Fsp3) is 0.174. The van der Waals surface area contributed by atoms with Crippen molar-refractivity contribution in [3.63, 3.8) is 0 Å². The van der Waals surface area contributed by atoms with Crippen molar-refractivity contribution in [2.24, 2.45) is 0 Å². The summed E-state index contributed by atoms with van der Waals surface area (Å²) in [7, 11) is 0.